The third kappa shape index (κ3) is 2.06. The van der Waals surface area contributed by atoms with Crippen molar-refractivity contribution in [3.05, 3.63) is 0 Å². The number of nitrogens with one attached hydrogen (secondary N) is 1. The SMILES string of the molecule is CN[C@H]1CCN(C(=O)O)CC1(F)F. The van der Waals surface area contributed by atoms with Crippen LogP contribution >= 0.6 is 0 Å². The molecule has 1 amide bonds. The van der Waals surface area contributed by atoms with Crippen molar-refractivity contribution in [3.63, 3.8) is 0 Å². The maximum atomic E-state index is 13.1. The maximum Gasteiger partial charge on any atom is 0.407 e. The van der Waals surface area contributed by atoms with Crippen LogP contribution in [0.4, 0.5) is 13.6 Å². The Kier molecular flexibility index (Phi) is 2.70. The highest BCUT2D eigenvalue weighted by molar-refractivity contribution is 5.65. The fourth-order valence-corrected chi connectivity index (χ4v) is 1.46. The minimum absolute atomic E-state index is 0.149. The first-order chi connectivity index (χ1) is 5.97. The van der Waals surface area contributed by atoms with Gasteiger partial charge in [0.2, 0.25) is 0 Å². The van der Waals surface area contributed by atoms with E-state index in [0.29, 0.717) is 0 Å². The van der Waals surface area contributed by atoms with Crippen LogP contribution in [0.25, 0.3) is 0 Å². The molecule has 0 aromatic carbocycles. The number of piperidine rings is 1. The smallest absolute Gasteiger partial charge is 0.407 e. The molecule has 0 radical (unpaired) electrons. The molecular formula is C7H12F2N2O2. The first kappa shape index (κ1) is 10.2. The van der Waals surface area contributed by atoms with Crippen molar-refractivity contribution in [2.45, 2.75) is 18.4 Å². The normalized spacial score (nSPS) is 27.3. The van der Waals surface area contributed by atoms with Crippen molar-refractivity contribution in [1.29, 1.82) is 0 Å². The number of hydrogen-bond acceptors (Lipinski definition) is 2. The highest BCUT2D eigenvalue weighted by atomic mass is 19.3. The highest BCUT2D eigenvalue weighted by Gasteiger charge is 2.45. The predicted molar refractivity (Wildman–Crippen MR) is 42.0 cm³/mol. The van der Waals surface area contributed by atoms with Gasteiger partial charge in [0.1, 0.15) is 0 Å². The fraction of sp³-hybridized carbons (Fsp3) is 0.857. The van der Waals surface area contributed by atoms with Gasteiger partial charge in [-0.25, -0.2) is 13.6 Å². The van der Waals surface area contributed by atoms with Crippen molar-refractivity contribution in [2.24, 2.45) is 0 Å². The Bertz CT molecular complexity index is 211. The molecule has 6 heteroatoms. The van der Waals surface area contributed by atoms with E-state index >= 15 is 0 Å². The largest absolute Gasteiger partial charge is 0.465 e. The second kappa shape index (κ2) is 3.45. The first-order valence-corrected chi connectivity index (χ1v) is 4.00. The van der Waals surface area contributed by atoms with Gasteiger partial charge in [-0.1, -0.05) is 0 Å². The van der Waals surface area contributed by atoms with Crippen molar-refractivity contribution in [1.82, 2.24) is 10.2 Å². The van der Waals surface area contributed by atoms with E-state index in [9.17, 15) is 13.6 Å². The lowest BCUT2D eigenvalue weighted by atomic mass is 10.0. The first-order valence-electron chi connectivity index (χ1n) is 4.00. The lowest BCUT2D eigenvalue weighted by Crippen LogP contribution is -2.57. The molecule has 0 saturated carbocycles. The van der Waals surface area contributed by atoms with Crippen LogP contribution in [0.2, 0.25) is 0 Å². The van der Waals surface area contributed by atoms with Crippen molar-refractivity contribution in [2.75, 3.05) is 20.1 Å². The molecule has 4 nitrogen and oxygen atoms in total. The second-order valence-corrected chi connectivity index (χ2v) is 3.10. The molecule has 0 unspecified atom stereocenters. The van der Waals surface area contributed by atoms with Gasteiger partial charge in [-0.3, -0.25) is 0 Å². The monoisotopic (exact) mass is 194 g/mol. The van der Waals surface area contributed by atoms with Crippen LogP contribution in [0, 0.1) is 0 Å². The molecule has 2 N–H and O–H groups in total. The molecule has 1 aliphatic heterocycles. The number of rotatable bonds is 1. The van der Waals surface area contributed by atoms with Gasteiger partial charge in [0, 0.05) is 6.54 Å². The summed E-state index contributed by atoms with van der Waals surface area (Å²) < 4.78 is 26.2. The van der Waals surface area contributed by atoms with E-state index in [-0.39, 0.29) is 13.0 Å². The molecule has 1 saturated heterocycles. The lowest BCUT2D eigenvalue weighted by Gasteiger charge is -2.36. The molecule has 1 atom stereocenters. The van der Waals surface area contributed by atoms with Gasteiger partial charge in [-0.15, -0.1) is 0 Å². The summed E-state index contributed by atoms with van der Waals surface area (Å²) in [4.78, 5) is 11.2. The molecule has 1 fully saturated rings. The summed E-state index contributed by atoms with van der Waals surface area (Å²) in [6, 6.07) is -0.914. The van der Waals surface area contributed by atoms with E-state index in [1.807, 2.05) is 0 Å². The number of carboxylic acid groups (broad SMARTS) is 1. The van der Waals surface area contributed by atoms with Crippen molar-refractivity contribution >= 4 is 6.09 Å². The second-order valence-electron chi connectivity index (χ2n) is 3.10. The zero-order chi connectivity index (χ0) is 10.1. The average molecular weight is 194 g/mol. The highest BCUT2D eigenvalue weighted by Crippen LogP contribution is 2.26. The summed E-state index contributed by atoms with van der Waals surface area (Å²) >= 11 is 0. The Hall–Kier alpha value is -0.910. The van der Waals surface area contributed by atoms with Crippen LogP contribution in [0.15, 0.2) is 0 Å². The zero-order valence-corrected chi connectivity index (χ0v) is 7.26. The van der Waals surface area contributed by atoms with E-state index in [1.165, 1.54) is 7.05 Å². The van der Waals surface area contributed by atoms with E-state index in [1.54, 1.807) is 0 Å². The quantitative estimate of drug-likeness (QED) is 0.642. The lowest BCUT2D eigenvalue weighted by molar-refractivity contribution is -0.0816. The van der Waals surface area contributed by atoms with Crippen molar-refractivity contribution < 1.29 is 18.7 Å². The van der Waals surface area contributed by atoms with Gasteiger partial charge < -0.3 is 15.3 Å². The molecule has 1 aliphatic rings. The van der Waals surface area contributed by atoms with Crippen LogP contribution in [0.1, 0.15) is 6.42 Å². The molecule has 13 heavy (non-hydrogen) atoms. The third-order valence-electron chi connectivity index (χ3n) is 2.22. The number of hydrogen-bond donors (Lipinski definition) is 2. The van der Waals surface area contributed by atoms with Gasteiger partial charge in [-0.2, -0.15) is 0 Å². The number of nitrogens with zero attached hydrogens (tertiary/aromatic N) is 1. The van der Waals surface area contributed by atoms with Gasteiger partial charge >= 0.3 is 6.09 Å². The summed E-state index contributed by atoms with van der Waals surface area (Å²) in [6.45, 7) is -0.551. The summed E-state index contributed by atoms with van der Waals surface area (Å²) in [5.74, 6) is -2.97. The molecule has 0 aromatic heterocycles. The van der Waals surface area contributed by atoms with Crippen LogP contribution in [-0.4, -0.2) is 48.2 Å². The standard InChI is InChI=1S/C7H12F2N2O2/c1-10-5-2-3-11(6(12)13)4-7(5,8)9/h5,10H,2-4H2,1H3,(H,12,13)/t5-/m0/s1. The molecular weight excluding hydrogens is 182 g/mol. The van der Waals surface area contributed by atoms with Gasteiger partial charge in [0.05, 0.1) is 12.6 Å². The average Bonchev–Trinajstić information content (AvgIpc) is 2.02. The maximum absolute atomic E-state index is 13.1. The Morgan fingerprint density at radius 3 is 2.69 bits per heavy atom. The minimum atomic E-state index is -2.97. The van der Waals surface area contributed by atoms with E-state index in [4.69, 9.17) is 5.11 Å². The molecule has 0 aromatic rings. The van der Waals surface area contributed by atoms with Crippen LogP contribution in [0.3, 0.4) is 0 Å². The molecule has 0 bridgehead atoms. The predicted octanol–water partition coefficient (Wildman–Crippen LogP) is 0.593. The number of halogens is 2. The van der Waals surface area contributed by atoms with Crippen LogP contribution < -0.4 is 5.32 Å². The fourth-order valence-electron chi connectivity index (χ4n) is 1.46. The number of alkyl halides is 2. The molecule has 0 spiro atoms. The van der Waals surface area contributed by atoms with Gasteiger partial charge in [0.25, 0.3) is 5.92 Å². The van der Waals surface area contributed by atoms with Gasteiger partial charge in [-0.05, 0) is 13.5 Å². The Labute approximate surface area is 74.5 Å². The van der Waals surface area contributed by atoms with Crippen LogP contribution in [0.5, 0.6) is 0 Å². The molecule has 76 valence electrons. The van der Waals surface area contributed by atoms with E-state index in [2.05, 4.69) is 5.32 Å². The molecule has 0 aliphatic carbocycles. The molecule has 1 heterocycles. The third-order valence-corrected chi connectivity index (χ3v) is 2.22. The summed E-state index contributed by atoms with van der Waals surface area (Å²) in [5, 5.41) is 11.0. The van der Waals surface area contributed by atoms with E-state index < -0.39 is 24.6 Å². The minimum Gasteiger partial charge on any atom is -0.465 e. The van der Waals surface area contributed by atoms with E-state index in [0.717, 1.165) is 4.90 Å². The zero-order valence-electron chi connectivity index (χ0n) is 7.26. The topological polar surface area (TPSA) is 52.6 Å². The Morgan fingerprint density at radius 2 is 2.31 bits per heavy atom. The van der Waals surface area contributed by atoms with Crippen molar-refractivity contribution in [3.8, 4) is 0 Å². The summed E-state index contributed by atoms with van der Waals surface area (Å²) in [5.41, 5.74) is 0. The van der Waals surface area contributed by atoms with Crippen LogP contribution in [-0.2, 0) is 0 Å². The number of amides is 1. The Morgan fingerprint density at radius 1 is 1.69 bits per heavy atom. The summed E-state index contributed by atoms with van der Waals surface area (Å²) in [7, 11) is 1.45. The number of likely N-dealkylation sites (tertiary alicyclic amines) is 1. The molecule has 1 rings (SSSR count). The number of carbonyl (C=O) groups is 1. The Balaban J connectivity index is 2.64. The van der Waals surface area contributed by atoms with Gasteiger partial charge in [0.15, 0.2) is 0 Å². The summed E-state index contributed by atoms with van der Waals surface area (Å²) in [6.07, 6.45) is -1.13.